The smallest absolute Gasteiger partial charge is 0.426 e. The lowest BCUT2D eigenvalue weighted by Gasteiger charge is -2.53. The number of alkyl halides is 4. The maximum absolute atomic E-state index is 15.1. The average molecular weight is 607 g/mol. The number of nitrogens with zero attached hydrogens (tertiary/aromatic N) is 2. The first-order valence-electron chi connectivity index (χ1n) is 14.6. The highest BCUT2D eigenvalue weighted by Crippen LogP contribution is 2.59. The van der Waals surface area contributed by atoms with E-state index in [1.165, 1.54) is 12.1 Å². The van der Waals surface area contributed by atoms with Gasteiger partial charge in [0.1, 0.15) is 0 Å². The van der Waals surface area contributed by atoms with Crippen molar-refractivity contribution in [1.29, 1.82) is 0 Å². The normalized spacial score (nSPS) is 31.8. The summed E-state index contributed by atoms with van der Waals surface area (Å²) in [4.78, 5) is 30.2. The predicted molar refractivity (Wildman–Crippen MR) is 151 cm³/mol. The van der Waals surface area contributed by atoms with Crippen LogP contribution in [0.4, 0.5) is 23.2 Å². The third-order valence-electron chi connectivity index (χ3n) is 11.1. The highest BCUT2D eigenvalue weighted by atomic mass is 35.5. The van der Waals surface area contributed by atoms with Crippen LogP contribution in [0.5, 0.6) is 0 Å². The Hall–Kier alpha value is -2.81. The van der Waals surface area contributed by atoms with Gasteiger partial charge in [-0.05, 0) is 87.6 Å². The Bertz CT molecular complexity index is 1400. The molecular formula is C32H35ClF4N2O3. The summed E-state index contributed by atoms with van der Waals surface area (Å²) in [5.74, 6) is -0.711. The minimum absolute atomic E-state index is 0.0612. The molecule has 5 nitrogen and oxygen atoms in total. The minimum atomic E-state index is -5.06. The molecule has 42 heavy (non-hydrogen) atoms. The summed E-state index contributed by atoms with van der Waals surface area (Å²) in [5.41, 5.74) is -3.52. The second kappa shape index (κ2) is 9.60. The molecule has 2 heterocycles. The second-order valence-electron chi connectivity index (χ2n) is 13.2. The molecule has 2 aromatic rings. The average Bonchev–Trinajstić information content (AvgIpc) is 3.32. The fraction of sp³-hybridized carbons (Fsp3) is 0.562. The number of carbonyl (C=O) groups is 2. The van der Waals surface area contributed by atoms with Gasteiger partial charge in [-0.25, -0.2) is 4.39 Å². The lowest BCUT2D eigenvalue weighted by atomic mass is 9.53. The third kappa shape index (κ3) is 4.24. The summed E-state index contributed by atoms with van der Waals surface area (Å²) in [5, 5.41) is 10.4. The van der Waals surface area contributed by atoms with Crippen LogP contribution < -0.4 is 4.90 Å². The van der Waals surface area contributed by atoms with E-state index < -0.39 is 39.6 Å². The quantitative estimate of drug-likeness (QED) is 0.371. The van der Waals surface area contributed by atoms with Gasteiger partial charge >= 0.3 is 12.1 Å². The van der Waals surface area contributed by atoms with Gasteiger partial charge in [0.25, 0.3) is 0 Å². The lowest BCUT2D eigenvalue weighted by molar-refractivity contribution is -0.228. The van der Waals surface area contributed by atoms with E-state index in [-0.39, 0.29) is 11.9 Å². The van der Waals surface area contributed by atoms with E-state index in [9.17, 15) is 27.9 Å². The van der Waals surface area contributed by atoms with Gasteiger partial charge in [-0.3, -0.25) is 9.59 Å². The highest BCUT2D eigenvalue weighted by Gasteiger charge is 2.61. The molecule has 3 atom stereocenters. The van der Waals surface area contributed by atoms with E-state index in [0.29, 0.717) is 82.1 Å². The van der Waals surface area contributed by atoms with Crippen molar-refractivity contribution in [3.05, 3.63) is 64.2 Å². The van der Waals surface area contributed by atoms with Crippen LogP contribution in [-0.4, -0.2) is 54.2 Å². The Balaban J connectivity index is 1.40. The fourth-order valence-corrected chi connectivity index (χ4v) is 8.38. The molecule has 2 aromatic carbocycles. The zero-order chi connectivity index (χ0) is 30.3. The van der Waals surface area contributed by atoms with Crippen molar-refractivity contribution in [3.63, 3.8) is 0 Å². The van der Waals surface area contributed by atoms with Gasteiger partial charge in [0.15, 0.2) is 0 Å². The van der Waals surface area contributed by atoms with Crippen molar-refractivity contribution >= 4 is 29.2 Å². The van der Waals surface area contributed by atoms with Crippen LogP contribution in [0.15, 0.2) is 42.5 Å². The molecule has 1 N–H and O–H groups in total. The molecule has 5 aliphatic rings. The van der Waals surface area contributed by atoms with Crippen molar-refractivity contribution in [1.82, 2.24) is 4.90 Å². The Kier molecular flexibility index (Phi) is 6.69. The van der Waals surface area contributed by atoms with Gasteiger partial charge in [0.05, 0.1) is 11.5 Å². The Morgan fingerprint density at radius 2 is 1.55 bits per heavy atom. The molecule has 2 bridgehead atoms. The number of rotatable bonds is 5. The number of amides is 1. The number of likely N-dealkylation sites (tertiary alicyclic amines) is 1. The van der Waals surface area contributed by atoms with Crippen LogP contribution in [0.2, 0.25) is 5.02 Å². The first-order valence-corrected chi connectivity index (χ1v) is 14.9. The van der Waals surface area contributed by atoms with Crippen molar-refractivity contribution in [2.45, 2.75) is 81.6 Å². The fourth-order valence-electron chi connectivity index (χ4n) is 8.25. The Morgan fingerprint density at radius 1 is 0.952 bits per heavy atom. The summed E-state index contributed by atoms with van der Waals surface area (Å²) >= 11 is 6.15. The monoisotopic (exact) mass is 606 g/mol. The van der Waals surface area contributed by atoms with Crippen molar-refractivity contribution < 1.29 is 32.3 Å². The molecular weight excluding hydrogens is 572 g/mol. The number of hydrogen-bond donors (Lipinski definition) is 1. The van der Waals surface area contributed by atoms with Crippen LogP contribution in [0.3, 0.4) is 0 Å². The van der Waals surface area contributed by atoms with Crippen LogP contribution in [0, 0.1) is 10.8 Å². The molecule has 4 fully saturated rings. The Labute approximate surface area is 247 Å². The number of carbonyl (C=O) groups excluding carboxylic acids is 1. The van der Waals surface area contributed by atoms with Gasteiger partial charge < -0.3 is 14.9 Å². The number of halogens is 5. The first-order chi connectivity index (χ1) is 19.6. The topological polar surface area (TPSA) is 60.9 Å². The summed E-state index contributed by atoms with van der Waals surface area (Å²) in [6.45, 7) is 1.42. The minimum Gasteiger partial charge on any atom is -0.481 e. The van der Waals surface area contributed by atoms with E-state index in [1.54, 1.807) is 25.2 Å². The maximum atomic E-state index is 15.1. The van der Waals surface area contributed by atoms with E-state index in [2.05, 4.69) is 0 Å². The molecule has 1 amide bonds. The van der Waals surface area contributed by atoms with Crippen LogP contribution in [-0.2, 0) is 27.1 Å². The molecule has 1 saturated heterocycles. The van der Waals surface area contributed by atoms with Crippen molar-refractivity contribution in [2.24, 2.45) is 10.8 Å². The highest BCUT2D eigenvalue weighted by molar-refractivity contribution is 6.30. The second-order valence-corrected chi connectivity index (χ2v) is 13.6. The maximum Gasteiger partial charge on any atom is 0.426 e. The van der Waals surface area contributed by atoms with Crippen LogP contribution in [0.25, 0.3) is 0 Å². The Morgan fingerprint density at radius 3 is 2.12 bits per heavy atom. The number of hydrogen-bond acceptors (Lipinski definition) is 3. The summed E-state index contributed by atoms with van der Waals surface area (Å²) in [7, 11) is 1.78. The standard InChI is InChI=1S/C32H35ClF4N2O3/c1-28(34,32(35,36)37)21-5-8-23-24(17-21)38(2)19-25-31(23,18-20-3-6-22(33)7-4-20)15-16-39(25)26(40)29-9-12-30(13-10-29,14-11-29)27(41)42/h3-8,17,25H,9-16,18-19H2,1-2H3,(H,41,42). The van der Waals surface area contributed by atoms with E-state index in [4.69, 9.17) is 11.6 Å². The number of benzene rings is 2. The molecule has 226 valence electrons. The van der Waals surface area contributed by atoms with Gasteiger partial charge in [0, 0.05) is 47.2 Å². The molecule has 10 heteroatoms. The van der Waals surface area contributed by atoms with Crippen molar-refractivity contribution in [3.8, 4) is 0 Å². The number of carboxylic acid groups (broad SMARTS) is 1. The number of likely N-dealkylation sites (N-methyl/N-ethyl adjacent to an activating group) is 1. The number of aliphatic carboxylic acids is 1. The summed E-state index contributed by atoms with van der Waals surface area (Å²) in [6.07, 6.45) is -0.783. The molecule has 7 rings (SSSR count). The molecule has 0 spiro atoms. The zero-order valence-corrected chi connectivity index (χ0v) is 24.5. The number of anilines is 1. The van der Waals surface area contributed by atoms with Crippen molar-refractivity contribution in [2.75, 3.05) is 25.0 Å². The van der Waals surface area contributed by atoms with Gasteiger partial charge in [-0.2, -0.15) is 13.2 Å². The van der Waals surface area contributed by atoms with Crippen LogP contribution >= 0.6 is 11.6 Å². The molecule has 0 radical (unpaired) electrons. The zero-order valence-electron chi connectivity index (χ0n) is 23.7. The molecule has 0 aromatic heterocycles. The van der Waals surface area contributed by atoms with E-state index >= 15 is 4.39 Å². The molecule has 2 aliphatic heterocycles. The number of carboxylic acids is 1. The van der Waals surface area contributed by atoms with Gasteiger partial charge in [-0.1, -0.05) is 35.9 Å². The first kappa shape index (κ1) is 29.3. The van der Waals surface area contributed by atoms with E-state index in [1.807, 2.05) is 21.9 Å². The third-order valence-corrected chi connectivity index (χ3v) is 11.4. The lowest BCUT2D eigenvalue weighted by Crippen LogP contribution is -2.59. The van der Waals surface area contributed by atoms with Crippen LogP contribution in [0.1, 0.15) is 68.6 Å². The SMILES string of the molecule is CN1CC2N(C(=O)C34CCC(C(=O)O)(CC3)CC4)CCC2(Cc2ccc(Cl)cc2)c2ccc(C(C)(F)C(F)(F)F)cc21. The summed E-state index contributed by atoms with van der Waals surface area (Å²) in [6, 6.07) is 11.4. The largest absolute Gasteiger partial charge is 0.481 e. The summed E-state index contributed by atoms with van der Waals surface area (Å²) < 4.78 is 56.0. The van der Waals surface area contributed by atoms with Gasteiger partial charge in [-0.15, -0.1) is 0 Å². The predicted octanol–water partition coefficient (Wildman–Crippen LogP) is 7.04. The molecule has 3 unspecified atom stereocenters. The molecule has 3 aliphatic carbocycles. The van der Waals surface area contributed by atoms with Gasteiger partial charge in [0.2, 0.25) is 11.6 Å². The number of fused-ring (bicyclic) bond motifs is 6. The molecule has 3 saturated carbocycles. The van der Waals surface area contributed by atoms with E-state index in [0.717, 1.165) is 11.1 Å².